The lowest BCUT2D eigenvalue weighted by atomic mass is 9.62. The number of hydrogen-bond acceptors (Lipinski definition) is 1. The van der Waals surface area contributed by atoms with Crippen molar-refractivity contribution >= 4 is 0 Å². The van der Waals surface area contributed by atoms with E-state index in [1.807, 2.05) is 0 Å². The van der Waals surface area contributed by atoms with Crippen LogP contribution in [0.1, 0.15) is 121 Å². The van der Waals surface area contributed by atoms with Crippen molar-refractivity contribution in [2.45, 2.75) is 124 Å². The van der Waals surface area contributed by atoms with Gasteiger partial charge in [-0.05, 0) is 79.5 Å². The number of rotatable bonds is 4. The molecule has 0 amide bonds. The van der Waals surface area contributed by atoms with Crippen LogP contribution in [0.3, 0.4) is 0 Å². The largest absolute Gasteiger partial charge is 0.309 e. The number of hydrogen-bond donors (Lipinski definition) is 1. The van der Waals surface area contributed by atoms with E-state index in [4.69, 9.17) is 0 Å². The summed E-state index contributed by atoms with van der Waals surface area (Å²) in [7, 11) is 0. The molecular weight excluding hydrogens is 386 g/mol. The van der Waals surface area contributed by atoms with Crippen LogP contribution >= 0.6 is 0 Å². The van der Waals surface area contributed by atoms with Crippen molar-refractivity contribution in [2.75, 3.05) is 0 Å². The van der Waals surface area contributed by atoms with Gasteiger partial charge in [0.25, 0.3) is 0 Å². The molecule has 0 spiro atoms. The van der Waals surface area contributed by atoms with Gasteiger partial charge in [0.1, 0.15) is 0 Å². The van der Waals surface area contributed by atoms with Gasteiger partial charge in [0.2, 0.25) is 0 Å². The summed E-state index contributed by atoms with van der Waals surface area (Å²) >= 11 is 0. The summed E-state index contributed by atoms with van der Waals surface area (Å²) in [5.41, 5.74) is 12.7. The maximum atomic E-state index is 3.77. The van der Waals surface area contributed by atoms with E-state index >= 15 is 0 Å². The Balaban J connectivity index is 1.87. The molecule has 176 valence electrons. The van der Waals surface area contributed by atoms with Crippen LogP contribution in [0.25, 0.3) is 0 Å². The second-order valence-electron chi connectivity index (χ2n) is 13.9. The summed E-state index contributed by atoms with van der Waals surface area (Å²) in [5.74, 6) is 0. The molecule has 1 nitrogen and oxygen atoms in total. The summed E-state index contributed by atoms with van der Waals surface area (Å²) in [5, 5.41) is 3.77. The van der Waals surface area contributed by atoms with Gasteiger partial charge in [-0.3, -0.25) is 0 Å². The molecule has 0 saturated carbocycles. The van der Waals surface area contributed by atoms with E-state index in [-0.39, 0.29) is 16.2 Å². The smallest absolute Gasteiger partial charge is 0.0208 e. The molecule has 1 N–H and O–H groups in total. The molecule has 0 bridgehead atoms. The van der Waals surface area contributed by atoms with Gasteiger partial charge in [0, 0.05) is 13.1 Å². The highest BCUT2D eigenvalue weighted by Crippen LogP contribution is 2.46. The standard InChI is InChI=1S/C31H47N/c1-20-24(28(2,3)4)13-21(14-25(20)29(5,6)7)18-32-19-22-15-26(30(8,9)10)23-17-31(11,12)27(23)16-22/h13-16,32H,17-19H2,1-12H3. The van der Waals surface area contributed by atoms with Crippen LogP contribution in [-0.4, -0.2) is 0 Å². The third-order valence-corrected chi connectivity index (χ3v) is 7.21. The van der Waals surface area contributed by atoms with E-state index in [0.29, 0.717) is 5.41 Å². The van der Waals surface area contributed by atoms with Crippen LogP contribution in [0.4, 0.5) is 0 Å². The predicted molar refractivity (Wildman–Crippen MR) is 141 cm³/mol. The van der Waals surface area contributed by atoms with E-state index in [1.165, 1.54) is 39.8 Å². The first-order valence-electron chi connectivity index (χ1n) is 12.4. The van der Waals surface area contributed by atoms with Crippen LogP contribution in [-0.2, 0) is 41.2 Å². The first-order valence-corrected chi connectivity index (χ1v) is 12.4. The average molecular weight is 434 g/mol. The van der Waals surface area contributed by atoms with Gasteiger partial charge in [-0.15, -0.1) is 0 Å². The lowest BCUT2D eigenvalue weighted by molar-refractivity contribution is 0.437. The maximum Gasteiger partial charge on any atom is 0.0208 e. The SMILES string of the molecule is Cc1c(C(C)(C)C)cc(CNCc2cc(C(C)(C)C)c3c(c2)C(C)(C)C3)cc1C(C)(C)C. The second kappa shape index (κ2) is 8.01. The summed E-state index contributed by atoms with van der Waals surface area (Å²) < 4.78 is 0. The molecule has 0 aliphatic heterocycles. The Labute approximate surface area is 198 Å². The topological polar surface area (TPSA) is 12.0 Å². The van der Waals surface area contributed by atoms with E-state index in [2.05, 4.69) is 113 Å². The van der Waals surface area contributed by atoms with Crippen molar-refractivity contribution in [3.8, 4) is 0 Å². The van der Waals surface area contributed by atoms with E-state index < -0.39 is 0 Å². The van der Waals surface area contributed by atoms with Gasteiger partial charge >= 0.3 is 0 Å². The Morgan fingerprint density at radius 1 is 0.688 bits per heavy atom. The Bertz CT molecular complexity index is 965. The first kappa shape index (κ1) is 25.0. The van der Waals surface area contributed by atoms with E-state index in [1.54, 1.807) is 11.1 Å². The zero-order valence-corrected chi connectivity index (χ0v) is 22.9. The fourth-order valence-corrected chi connectivity index (χ4v) is 5.51. The van der Waals surface area contributed by atoms with Crippen LogP contribution in [0.5, 0.6) is 0 Å². The predicted octanol–water partition coefficient (Wildman–Crippen LogP) is 8.01. The van der Waals surface area contributed by atoms with Crippen molar-refractivity contribution < 1.29 is 0 Å². The van der Waals surface area contributed by atoms with Crippen molar-refractivity contribution in [3.05, 3.63) is 68.8 Å². The lowest BCUT2D eigenvalue weighted by Gasteiger charge is -2.42. The van der Waals surface area contributed by atoms with Gasteiger partial charge in [-0.1, -0.05) is 100 Å². The van der Waals surface area contributed by atoms with Crippen molar-refractivity contribution in [1.82, 2.24) is 5.32 Å². The number of nitrogens with one attached hydrogen (secondary N) is 1. The van der Waals surface area contributed by atoms with Gasteiger partial charge < -0.3 is 5.32 Å². The third-order valence-electron chi connectivity index (χ3n) is 7.21. The molecule has 0 atom stereocenters. The molecule has 0 heterocycles. The molecule has 2 aromatic carbocycles. The summed E-state index contributed by atoms with van der Waals surface area (Å²) in [4.78, 5) is 0. The highest BCUT2D eigenvalue weighted by molar-refractivity contribution is 5.53. The summed E-state index contributed by atoms with van der Waals surface area (Å²) in [6, 6.07) is 9.77. The Morgan fingerprint density at radius 3 is 1.50 bits per heavy atom. The monoisotopic (exact) mass is 433 g/mol. The van der Waals surface area contributed by atoms with E-state index in [0.717, 1.165) is 13.1 Å². The van der Waals surface area contributed by atoms with Crippen LogP contribution < -0.4 is 5.32 Å². The normalized spacial score (nSPS) is 16.0. The molecule has 0 saturated heterocycles. The van der Waals surface area contributed by atoms with Crippen LogP contribution in [0, 0.1) is 6.92 Å². The van der Waals surface area contributed by atoms with Crippen LogP contribution in [0.15, 0.2) is 24.3 Å². The minimum atomic E-state index is 0.148. The minimum absolute atomic E-state index is 0.148. The van der Waals surface area contributed by atoms with Gasteiger partial charge in [-0.2, -0.15) is 0 Å². The fourth-order valence-electron chi connectivity index (χ4n) is 5.51. The molecule has 1 heteroatoms. The highest BCUT2D eigenvalue weighted by Gasteiger charge is 2.38. The third kappa shape index (κ3) is 4.98. The van der Waals surface area contributed by atoms with E-state index in [9.17, 15) is 0 Å². The second-order valence-corrected chi connectivity index (χ2v) is 13.9. The number of benzene rings is 2. The van der Waals surface area contributed by atoms with Gasteiger partial charge in [-0.25, -0.2) is 0 Å². The Kier molecular flexibility index (Phi) is 6.27. The molecule has 0 radical (unpaired) electrons. The molecule has 0 fully saturated rings. The summed E-state index contributed by atoms with van der Waals surface area (Å²) in [6.07, 6.45) is 1.21. The quantitative estimate of drug-likeness (QED) is 0.515. The molecule has 2 aromatic rings. The minimum Gasteiger partial charge on any atom is -0.309 e. The van der Waals surface area contributed by atoms with Crippen LogP contribution in [0.2, 0.25) is 0 Å². The number of fused-ring (bicyclic) bond motifs is 1. The first-order chi connectivity index (χ1) is 14.4. The van der Waals surface area contributed by atoms with Crippen molar-refractivity contribution in [1.29, 1.82) is 0 Å². The fraction of sp³-hybridized carbons (Fsp3) is 0.613. The molecule has 32 heavy (non-hydrogen) atoms. The Morgan fingerprint density at radius 2 is 1.09 bits per heavy atom. The average Bonchev–Trinajstić information content (AvgIpc) is 2.60. The van der Waals surface area contributed by atoms with Gasteiger partial charge in [0.15, 0.2) is 0 Å². The lowest BCUT2D eigenvalue weighted by Crippen LogP contribution is -2.36. The molecule has 1 aliphatic rings. The molecule has 3 rings (SSSR count). The molecule has 0 unspecified atom stereocenters. The van der Waals surface area contributed by atoms with Crippen molar-refractivity contribution in [3.63, 3.8) is 0 Å². The molecule has 0 aromatic heterocycles. The Hall–Kier alpha value is -1.60. The maximum absolute atomic E-state index is 3.77. The zero-order chi connectivity index (χ0) is 24.3. The molecular formula is C31H47N. The summed E-state index contributed by atoms with van der Waals surface area (Å²) in [6.45, 7) is 29.9. The zero-order valence-electron chi connectivity index (χ0n) is 22.9. The van der Waals surface area contributed by atoms with Gasteiger partial charge in [0.05, 0.1) is 0 Å². The molecule has 1 aliphatic carbocycles. The van der Waals surface area contributed by atoms with Crippen molar-refractivity contribution in [2.24, 2.45) is 0 Å². The highest BCUT2D eigenvalue weighted by atomic mass is 14.8.